The molecule has 0 saturated heterocycles. The van der Waals surface area contributed by atoms with Gasteiger partial charge in [0, 0.05) is 31.9 Å². The molecule has 1 aromatic heterocycles. The van der Waals surface area contributed by atoms with E-state index in [0.717, 1.165) is 23.5 Å². The summed E-state index contributed by atoms with van der Waals surface area (Å²) in [7, 11) is 1.66. The van der Waals surface area contributed by atoms with E-state index in [-0.39, 0.29) is 5.91 Å². The quantitative estimate of drug-likeness (QED) is 0.792. The first-order chi connectivity index (χ1) is 7.76. The highest BCUT2D eigenvalue weighted by molar-refractivity contribution is 7.09. The molecule has 0 aromatic carbocycles. The van der Waals surface area contributed by atoms with E-state index in [4.69, 9.17) is 4.74 Å². The molecule has 0 atom stereocenters. The highest BCUT2D eigenvalue weighted by Gasteiger charge is 2.03. The van der Waals surface area contributed by atoms with E-state index < -0.39 is 0 Å². The smallest absolute Gasteiger partial charge is 0.219 e. The highest BCUT2D eigenvalue weighted by atomic mass is 32.1. The van der Waals surface area contributed by atoms with Crippen LogP contribution < -0.4 is 5.32 Å². The second-order valence-corrected chi connectivity index (χ2v) is 4.46. The van der Waals surface area contributed by atoms with Crippen molar-refractivity contribution >= 4 is 17.2 Å². The van der Waals surface area contributed by atoms with Crippen LogP contribution in [0.5, 0.6) is 0 Å². The fraction of sp³-hybridized carbons (Fsp3) is 0.636. The number of aromatic nitrogens is 1. The zero-order valence-electron chi connectivity index (χ0n) is 9.78. The number of nitrogens with zero attached hydrogens (tertiary/aromatic N) is 1. The van der Waals surface area contributed by atoms with Crippen LogP contribution in [0.3, 0.4) is 0 Å². The van der Waals surface area contributed by atoms with Crippen molar-refractivity contribution in [3.05, 3.63) is 16.1 Å². The summed E-state index contributed by atoms with van der Waals surface area (Å²) in [5.41, 5.74) is 1.02. The highest BCUT2D eigenvalue weighted by Crippen LogP contribution is 2.10. The number of hydrogen-bond donors (Lipinski definition) is 1. The standard InChI is InChI=1S/C11H18N2O2S/c1-3-4-10(14)12-6-5-9-8-16-11(13-9)7-15-2/h8H,3-7H2,1-2H3,(H,12,14). The Morgan fingerprint density at radius 2 is 2.44 bits per heavy atom. The number of ether oxygens (including phenoxy) is 1. The van der Waals surface area contributed by atoms with Gasteiger partial charge in [0.05, 0.1) is 12.3 Å². The first-order valence-corrected chi connectivity index (χ1v) is 6.33. The minimum absolute atomic E-state index is 0.120. The van der Waals surface area contributed by atoms with Crippen LogP contribution in [0, 0.1) is 0 Å². The molecular weight excluding hydrogens is 224 g/mol. The number of amides is 1. The molecule has 0 fully saturated rings. The molecule has 1 rings (SSSR count). The second-order valence-electron chi connectivity index (χ2n) is 3.52. The van der Waals surface area contributed by atoms with E-state index in [2.05, 4.69) is 10.3 Å². The van der Waals surface area contributed by atoms with Gasteiger partial charge in [-0.05, 0) is 6.42 Å². The van der Waals surface area contributed by atoms with Crippen LogP contribution >= 0.6 is 11.3 Å². The van der Waals surface area contributed by atoms with Crippen molar-refractivity contribution in [1.82, 2.24) is 10.3 Å². The van der Waals surface area contributed by atoms with Gasteiger partial charge in [-0.15, -0.1) is 11.3 Å². The molecule has 4 nitrogen and oxygen atoms in total. The van der Waals surface area contributed by atoms with Crippen LogP contribution in [-0.2, 0) is 22.6 Å². The number of carbonyl (C=O) groups excluding carboxylic acids is 1. The van der Waals surface area contributed by atoms with Crippen LogP contribution in [0.15, 0.2) is 5.38 Å². The van der Waals surface area contributed by atoms with Crippen LogP contribution in [0.25, 0.3) is 0 Å². The molecule has 0 aliphatic carbocycles. The molecule has 0 unspecified atom stereocenters. The maximum absolute atomic E-state index is 11.2. The van der Waals surface area contributed by atoms with Crippen molar-refractivity contribution in [3.63, 3.8) is 0 Å². The Kier molecular flexibility index (Phi) is 6.03. The van der Waals surface area contributed by atoms with Gasteiger partial charge in [0.2, 0.25) is 5.91 Å². The predicted octanol–water partition coefficient (Wildman–Crippen LogP) is 1.75. The first kappa shape index (κ1) is 13.1. The normalized spacial score (nSPS) is 10.4. The van der Waals surface area contributed by atoms with Crippen LogP contribution in [-0.4, -0.2) is 24.5 Å². The summed E-state index contributed by atoms with van der Waals surface area (Å²) in [6, 6.07) is 0. The van der Waals surface area contributed by atoms with Crippen molar-refractivity contribution < 1.29 is 9.53 Å². The topological polar surface area (TPSA) is 51.2 Å². The molecule has 0 radical (unpaired) electrons. The molecule has 16 heavy (non-hydrogen) atoms. The largest absolute Gasteiger partial charge is 0.378 e. The summed E-state index contributed by atoms with van der Waals surface area (Å²) < 4.78 is 4.99. The third-order valence-electron chi connectivity index (χ3n) is 2.05. The summed E-state index contributed by atoms with van der Waals surface area (Å²) in [5, 5.41) is 5.87. The lowest BCUT2D eigenvalue weighted by molar-refractivity contribution is -0.121. The molecule has 0 bridgehead atoms. The van der Waals surface area contributed by atoms with Gasteiger partial charge in [-0.3, -0.25) is 4.79 Å². The summed E-state index contributed by atoms with van der Waals surface area (Å²) in [4.78, 5) is 15.6. The fourth-order valence-corrected chi connectivity index (χ4v) is 2.10. The summed E-state index contributed by atoms with van der Waals surface area (Å²) >= 11 is 1.59. The van der Waals surface area contributed by atoms with E-state index in [1.807, 2.05) is 12.3 Å². The maximum Gasteiger partial charge on any atom is 0.219 e. The van der Waals surface area contributed by atoms with Gasteiger partial charge < -0.3 is 10.1 Å². The Morgan fingerprint density at radius 1 is 1.62 bits per heavy atom. The summed E-state index contributed by atoms with van der Waals surface area (Å²) in [6.07, 6.45) is 2.28. The van der Waals surface area contributed by atoms with Crippen molar-refractivity contribution in [1.29, 1.82) is 0 Å². The minimum atomic E-state index is 0.120. The SMILES string of the molecule is CCCC(=O)NCCc1csc(COC)n1. The molecule has 5 heteroatoms. The number of rotatable bonds is 7. The Labute approximate surface area is 100 Å². The zero-order chi connectivity index (χ0) is 11.8. The predicted molar refractivity (Wildman–Crippen MR) is 64.4 cm³/mol. The molecule has 0 spiro atoms. The van der Waals surface area contributed by atoms with Gasteiger partial charge in [0.1, 0.15) is 5.01 Å². The van der Waals surface area contributed by atoms with Gasteiger partial charge in [-0.1, -0.05) is 6.92 Å². The second kappa shape index (κ2) is 7.35. The van der Waals surface area contributed by atoms with E-state index in [1.54, 1.807) is 18.4 Å². The Balaban J connectivity index is 2.23. The Morgan fingerprint density at radius 3 is 3.12 bits per heavy atom. The van der Waals surface area contributed by atoms with Crippen molar-refractivity contribution in [2.75, 3.05) is 13.7 Å². The Hall–Kier alpha value is -0.940. The van der Waals surface area contributed by atoms with E-state index in [1.165, 1.54) is 0 Å². The Bertz CT molecular complexity index is 326. The summed E-state index contributed by atoms with van der Waals surface area (Å²) in [5.74, 6) is 0.120. The molecule has 1 N–H and O–H groups in total. The number of carbonyl (C=O) groups is 1. The molecule has 90 valence electrons. The van der Waals surface area contributed by atoms with Crippen LogP contribution in [0.2, 0.25) is 0 Å². The minimum Gasteiger partial charge on any atom is -0.378 e. The van der Waals surface area contributed by atoms with Gasteiger partial charge in [-0.25, -0.2) is 4.98 Å². The van der Waals surface area contributed by atoms with Gasteiger partial charge in [-0.2, -0.15) is 0 Å². The molecule has 1 heterocycles. The lowest BCUT2D eigenvalue weighted by Crippen LogP contribution is -2.25. The van der Waals surface area contributed by atoms with Crippen LogP contribution in [0.1, 0.15) is 30.5 Å². The van der Waals surface area contributed by atoms with Gasteiger partial charge in [0.25, 0.3) is 0 Å². The molecule has 1 aromatic rings. The third-order valence-corrected chi connectivity index (χ3v) is 2.92. The third kappa shape index (κ3) is 4.72. The van der Waals surface area contributed by atoms with Crippen molar-refractivity contribution in [2.24, 2.45) is 0 Å². The summed E-state index contributed by atoms with van der Waals surface area (Å²) in [6.45, 7) is 3.22. The van der Waals surface area contributed by atoms with E-state index in [0.29, 0.717) is 19.6 Å². The van der Waals surface area contributed by atoms with Crippen molar-refractivity contribution in [2.45, 2.75) is 32.8 Å². The average Bonchev–Trinajstić information content (AvgIpc) is 2.67. The maximum atomic E-state index is 11.2. The van der Waals surface area contributed by atoms with E-state index in [9.17, 15) is 4.79 Å². The average molecular weight is 242 g/mol. The first-order valence-electron chi connectivity index (χ1n) is 5.45. The van der Waals surface area contributed by atoms with Gasteiger partial charge >= 0.3 is 0 Å². The molecule has 1 amide bonds. The van der Waals surface area contributed by atoms with Crippen molar-refractivity contribution in [3.8, 4) is 0 Å². The lowest BCUT2D eigenvalue weighted by atomic mass is 10.3. The molecular formula is C11H18N2O2S. The molecule has 0 aliphatic heterocycles. The lowest BCUT2D eigenvalue weighted by Gasteiger charge is -2.01. The van der Waals surface area contributed by atoms with Gasteiger partial charge in [0.15, 0.2) is 0 Å². The number of hydrogen-bond acceptors (Lipinski definition) is 4. The number of thiazole rings is 1. The monoisotopic (exact) mass is 242 g/mol. The number of nitrogens with one attached hydrogen (secondary N) is 1. The molecule has 0 saturated carbocycles. The zero-order valence-corrected chi connectivity index (χ0v) is 10.6. The molecule has 0 aliphatic rings. The van der Waals surface area contributed by atoms with E-state index >= 15 is 0 Å². The fourth-order valence-electron chi connectivity index (χ4n) is 1.30. The number of methoxy groups -OCH3 is 1. The van der Waals surface area contributed by atoms with Crippen LogP contribution in [0.4, 0.5) is 0 Å².